The summed E-state index contributed by atoms with van der Waals surface area (Å²) in [5.74, 6) is -0.405. The number of benzene rings is 1. The third-order valence-corrected chi connectivity index (χ3v) is 3.36. The van der Waals surface area contributed by atoms with Crippen LogP contribution in [0.5, 0.6) is 0 Å². The first-order valence-electron chi connectivity index (χ1n) is 5.76. The quantitative estimate of drug-likeness (QED) is 0.782. The minimum absolute atomic E-state index is 0.0519. The molecule has 1 saturated carbocycles. The molecule has 1 aliphatic carbocycles. The normalized spacial score (nSPS) is 14.8. The minimum Gasteiger partial charge on any atom is -0.335 e. The van der Waals surface area contributed by atoms with E-state index in [1.165, 1.54) is 12.1 Å². The van der Waals surface area contributed by atoms with Crippen molar-refractivity contribution in [2.24, 2.45) is 0 Å². The molecule has 0 aromatic heterocycles. The molecular formula is C13H15BrFNO. The molecule has 2 nitrogen and oxygen atoms in total. The van der Waals surface area contributed by atoms with Crippen molar-refractivity contribution >= 4 is 21.8 Å². The lowest BCUT2D eigenvalue weighted by molar-refractivity contribution is 0.0753. The molecule has 2 rings (SSSR count). The van der Waals surface area contributed by atoms with E-state index < -0.39 is 0 Å². The van der Waals surface area contributed by atoms with E-state index in [1.54, 1.807) is 6.07 Å². The van der Waals surface area contributed by atoms with Crippen molar-refractivity contribution < 1.29 is 9.18 Å². The van der Waals surface area contributed by atoms with Gasteiger partial charge in [-0.15, -0.1) is 0 Å². The predicted octanol–water partition coefficient (Wildman–Crippen LogP) is 3.13. The molecule has 0 heterocycles. The molecule has 1 fully saturated rings. The highest BCUT2D eigenvalue weighted by Crippen LogP contribution is 2.28. The Morgan fingerprint density at radius 2 is 2.24 bits per heavy atom. The minimum atomic E-state index is -0.353. The van der Waals surface area contributed by atoms with Crippen LogP contribution in [0.1, 0.15) is 28.8 Å². The van der Waals surface area contributed by atoms with Gasteiger partial charge in [0.25, 0.3) is 5.91 Å². The van der Waals surface area contributed by atoms with E-state index in [1.807, 2.05) is 11.8 Å². The van der Waals surface area contributed by atoms with Crippen molar-refractivity contribution in [1.29, 1.82) is 0 Å². The zero-order valence-corrected chi connectivity index (χ0v) is 11.3. The molecule has 0 saturated heterocycles. The number of carbonyl (C=O) groups is 1. The summed E-state index contributed by atoms with van der Waals surface area (Å²) < 4.78 is 13.2. The van der Waals surface area contributed by atoms with Crippen LogP contribution >= 0.6 is 15.9 Å². The van der Waals surface area contributed by atoms with E-state index in [0.29, 0.717) is 18.2 Å². The fraction of sp³-hybridized carbons (Fsp3) is 0.462. The van der Waals surface area contributed by atoms with Gasteiger partial charge in [-0.05, 0) is 37.5 Å². The van der Waals surface area contributed by atoms with Crippen LogP contribution in [0.15, 0.2) is 18.2 Å². The standard InChI is InChI=1S/C13H15BrFNO/c1-9-2-3-10(15)8-12(9)13(17)16(7-6-14)11-4-5-11/h2-3,8,11H,4-7H2,1H3. The fourth-order valence-electron chi connectivity index (χ4n) is 1.91. The summed E-state index contributed by atoms with van der Waals surface area (Å²) in [6.45, 7) is 2.52. The Kier molecular flexibility index (Phi) is 3.82. The van der Waals surface area contributed by atoms with Crippen LogP contribution in [0.25, 0.3) is 0 Å². The van der Waals surface area contributed by atoms with Gasteiger partial charge in [0.2, 0.25) is 0 Å². The number of amides is 1. The lowest BCUT2D eigenvalue weighted by atomic mass is 10.1. The summed E-state index contributed by atoms with van der Waals surface area (Å²) in [7, 11) is 0. The van der Waals surface area contributed by atoms with Crippen molar-refractivity contribution in [1.82, 2.24) is 4.90 Å². The van der Waals surface area contributed by atoms with Gasteiger partial charge < -0.3 is 4.90 Å². The maximum atomic E-state index is 13.2. The topological polar surface area (TPSA) is 20.3 Å². The molecule has 0 bridgehead atoms. The zero-order valence-electron chi connectivity index (χ0n) is 9.75. The van der Waals surface area contributed by atoms with Gasteiger partial charge in [0.15, 0.2) is 0 Å². The highest BCUT2D eigenvalue weighted by atomic mass is 79.9. The number of hydrogen-bond donors (Lipinski definition) is 0. The second kappa shape index (κ2) is 5.17. The van der Waals surface area contributed by atoms with Crippen molar-refractivity contribution in [2.75, 3.05) is 11.9 Å². The van der Waals surface area contributed by atoms with Crippen LogP contribution in [0.4, 0.5) is 4.39 Å². The van der Waals surface area contributed by atoms with Crippen LogP contribution in [0.3, 0.4) is 0 Å². The smallest absolute Gasteiger partial charge is 0.254 e. The Balaban J connectivity index is 2.24. The summed E-state index contributed by atoms with van der Waals surface area (Å²) in [6.07, 6.45) is 2.13. The van der Waals surface area contributed by atoms with E-state index in [4.69, 9.17) is 0 Å². The molecule has 1 amide bonds. The van der Waals surface area contributed by atoms with Gasteiger partial charge in [0.05, 0.1) is 0 Å². The summed E-state index contributed by atoms with van der Waals surface area (Å²) in [6, 6.07) is 4.73. The largest absolute Gasteiger partial charge is 0.335 e. The number of alkyl halides is 1. The van der Waals surface area contributed by atoms with E-state index >= 15 is 0 Å². The summed E-state index contributed by atoms with van der Waals surface area (Å²) in [4.78, 5) is 14.2. The molecular weight excluding hydrogens is 285 g/mol. The molecule has 1 aromatic carbocycles. The van der Waals surface area contributed by atoms with Crippen LogP contribution in [-0.4, -0.2) is 28.7 Å². The van der Waals surface area contributed by atoms with Crippen LogP contribution in [0, 0.1) is 12.7 Å². The summed E-state index contributed by atoms with van der Waals surface area (Å²) in [5, 5.41) is 0.754. The number of halogens is 2. The van der Waals surface area contributed by atoms with Gasteiger partial charge in [-0.3, -0.25) is 4.79 Å². The van der Waals surface area contributed by atoms with Gasteiger partial charge in [0.1, 0.15) is 5.82 Å². The average Bonchev–Trinajstić information content (AvgIpc) is 3.12. The second-order valence-corrected chi connectivity index (χ2v) is 5.17. The lowest BCUT2D eigenvalue weighted by Crippen LogP contribution is -2.35. The Bertz CT molecular complexity index is 431. The van der Waals surface area contributed by atoms with Crippen molar-refractivity contribution in [3.63, 3.8) is 0 Å². The van der Waals surface area contributed by atoms with Crippen LogP contribution < -0.4 is 0 Å². The number of nitrogens with zero attached hydrogens (tertiary/aromatic N) is 1. The van der Waals surface area contributed by atoms with Gasteiger partial charge >= 0.3 is 0 Å². The Morgan fingerprint density at radius 3 is 2.82 bits per heavy atom. The number of carbonyl (C=O) groups excluding carboxylic acids is 1. The molecule has 0 aliphatic heterocycles. The highest BCUT2D eigenvalue weighted by molar-refractivity contribution is 9.09. The number of hydrogen-bond acceptors (Lipinski definition) is 1. The highest BCUT2D eigenvalue weighted by Gasteiger charge is 2.33. The molecule has 1 aliphatic rings. The fourth-order valence-corrected chi connectivity index (χ4v) is 2.29. The summed E-state index contributed by atoms with van der Waals surface area (Å²) in [5.41, 5.74) is 1.31. The van der Waals surface area contributed by atoms with E-state index in [-0.39, 0.29) is 11.7 Å². The average molecular weight is 300 g/mol. The number of aryl methyl sites for hydroxylation is 1. The Morgan fingerprint density at radius 1 is 1.53 bits per heavy atom. The number of rotatable bonds is 4. The van der Waals surface area contributed by atoms with E-state index in [2.05, 4.69) is 15.9 Å². The first kappa shape index (κ1) is 12.6. The maximum Gasteiger partial charge on any atom is 0.254 e. The van der Waals surface area contributed by atoms with Gasteiger partial charge in [-0.25, -0.2) is 4.39 Å². The lowest BCUT2D eigenvalue weighted by Gasteiger charge is -2.22. The molecule has 1 aromatic rings. The summed E-state index contributed by atoms with van der Waals surface area (Å²) >= 11 is 3.35. The van der Waals surface area contributed by atoms with Crippen molar-refractivity contribution in [2.45, 2.75) is 25.8 Å². The first-order valence-corrected chi connectivity index (χ1v) is 6.88. The van der Waals surface area contributed by atoms with E-state index in [0.717, 1.165) is 23.7 Å². The molecule has 92 valence electrons. The maximum absolute atomic E-state index is 13.2. The first-order chi connectivity index (χ1) is 8.13. The van der Waals surface area contributed by atoms with E-state index in [9.17, 15) is 9.18 Å². The van der Waals surface area contributed by atoms with Crippen molar-refractivity contribution in [3.8, 4) is 0 Å². The zero-order chi connectivity index (χ0) is 12.4. The SMILES string of the molecule is Cc1ccc(F)cc1C(=O)N(CCBr)C1CC1. The Hall–Kier alpha value is -0.900. The molecule has 0 spiro atoms. The van der Waals surface area contributed by atoms with Crippen LogP contribution in [-0.2, 0) is 0 Å². The second-order valence-electron chi connectivity index (χ2n) is 4.38. The Labute approximate surface area is 109 Å². The third kappa shape index (κ3) is 2.86. The monoisotopic (exact) mass is 299 g/mol. The van der Waals surface area contributed by atoms with Crippen molar-refractivity contribution in [3.05, 3.63) is 35.1 Å². The van der Waals surface area contributed by atoms with Crippen LogP contribution in [0.2, 0.25) is 0 Å². The van der Waals surface area contributed by atoms with Gasteiger partial charge in [0, 0.05) is 23.5 Å². The third-order valence-electron chi connectivity index (χ3n) is 3.00. The molecule has 0 N–H and O–H groups in total. The molecule has 4 heteroatoms. The molecule has 0 atom stereocenters. The van der Waals surface area contributed by atoms with Gasteiger partial charge in [-0.1, -0.05) is 22.0 Å². The molecule has 0 unspecified atom stereocenters. The van der Waals surface area contributed by atoms with Gasteiger partial charge in [-0.2, -0.15) is 0 Å². The molecule has 17 heavy (non-hydrogen) atoms. The predicted molar refractivity (Wildman–Crippen MR) is 69.0 cm³/mol. The molecule has 0 radical (unpaired) electrons.